The molecule has 18 heavy (non-hydrogen) atoms. The number of rotatable bonds is 7. The van der Waals surface area contributed by atoms with Crippen LogP contribution in [0.2, 0.25) is 0 Å². The first-order chi connectivity index (χ1) is 8.67. The number of ether oxygens (including phenoxy) is 1. The molecule has 1 aromatic rings. The molecule has 3 heteroatoms. The Balaban J connectivity index is 2.42. The van der Waals surface area contributed by atoms with Gasteiger partial charge in [-0.05, 0) is 37.5 Å². The number of unbranched alkanes of at least 4 members (excludes halogenated alkanes) is 1. The minimum absolute atomic E-state index is 0.0528. The fourth-order valence-corrected chi connectivity index (χ4v) is 1.59. The normalized spacial score (nSPS) is 11.9. The molecule has 1 unspecified atom stereocenters. The lowest BCUT2D eigenvalue weighted by Crippen LogP contribution is -2.36. The first-order valence-electron chi connectivity index (χ1n) is 6.70. The van der Waals surface area contributed by atoms with Gasteiger partial charge < -0.3 is 10.1 Å². The number of benzene rings is 1. The predicted molar refractivity (Wildman–Crippen MR) is 73.8 cm³/mol. The van der Waals surface area contributed by atoms with E-state index < -0.39 is 6.10 Å². The van der Waals surface area contributed by atoms with Gasteiger partial charge in [-0.25, -0.2) is 0 Å². The Bertz CT molecular complexity index is 359. The van der Waals surface area contributed by atoms with Crippen LogP contribution in [0.1, 0.15) is 39.2 Å². The van der Waals surface area contributed by atoms with Gasteiger partial charge in [0.05, 0.1) is 0 Å². The van der Waals surface area contributed by atoms with E-state index in [-0.39, 0.29) is 5.91 Å². The van der Waals surface area contributed by atoms with Crippen molar-refractivity contribution in [3.05, 3.63) is 29.8 Å². The van der Waals surface area contributed by atoms with Gasteiger partial charge in [0.15, 0.2) is 6.10 Å². The SMILES string of the molecule is CCCCNC(=O)C(C)Oc1ccc(CC)cc1. The Morgan fingerprint density at radius 1 is 1.28 bits per heavy atom. The van der Waals surface area contributed by atoms with Crippen molar-refractivity contribution in [1.29, 1.82) is 0 Å². The van der Waals surface area contributed by atoms with E-state index in [0.29, 0.717) is 0 Å². The van der Waals surface area contributed by atoms with Gasteiger partial charge in [-0.1, -0.05) is 32.4 Å². The minimum atomic E-state index is -0.450. The average Bonchev–Trinajstić information content (AvgIpc) is 2.39. The molecule has 0 aliphatic carbocycles. The van der Waals surface area contributed by atoms with Crippen LogP contribution >= 0.6 is 0 Å². The number of carbonyl (C=O) groups excluding carboxylic acids is 1. The van der Waals surface area contributed by atoms with Crippen molar-refractivity contribution in [2.75, 3.05) is 6.54 Å². The highest BCUT2D eigenvalue weighted by Crippen LogP contribution is 2.14. The molecular formula is C15H23NO2. The Kier molecular flexibility index (Phi) is 6.26. The Morgan fingerprint density at radius 3 is 2.50 bits per heavy atom. The second kappa shape index (κ2) is 7.75. The maximum atomic E-state index is 11.7. The largest absolute Gasteiger partial charge is 0.481 e. The Labute approximate surface area is 110 Å². The van der Waals surface area contributed by atoms with Gasteiger partial charge in [0.1, 0.15) is 5.75 Å². The summed E-state index contributed by atoms with van der Waals surface area (Å²) < 4.78 is 5.59. The topological polar surface area (TPSA) is 38.3 Å². The third-order valence-corrected chi connectivity index (χ3v) is 2.84. The zero-order valence-electron chi connectivity index (χ0n) is 11.5. The van der Waals surface area contributed by atoms with Crippen LogP contribution in [0.3, 0.4) is 0 Å². The van der Waals surface area contributed by atoms with E-state index in [9.17, 15) is 4.79 Å². The van der Waals surface area contributed by atoms with Crippen LogP contribution in [-0.2, 0) is 11.2 Å². The number of aryl methyl sites for hydroxylation is 1. The summed E-state index contributed by atoms with van der Waals surface area (Å²) in [7, 11) is 0. The van der Waals surface area contributed by atoms with Crippen molar-refractivity contribution in [2.45, 2.75) is 46.1 Å². The molecule has 3 nitrogen and oxygen atoms in total. The molecule has 0 aliphatic heterocycles. The summed E-state index contributed by atoms with van der Waals surface area (Å²) in [6.07, 6.45) is 2.64. The van der Waals surface area contributed by atoms with E-state index in [1.54, 1.807) is 6.92 Å². The fourth-order valence-electron chi connectivity index (χ4n) is 1.59. The van der Waals surface area contributed by atoms with Crippen molar-refractivity contribution in [3.8, 4) is 5.75 Å². The third kappa shape index (κ3) is 4.78. The molecule has 1 N–H and O–H groups in total. The van der Waals surface area contributed by atoms with Crippen molar-refractivity contribution in [3.63, 3.8) is 0 Å². The highest BCUT2D eigenvalue weighted by Gasteiger charge is 2.13. The maximum Gasteiger partial charge on any atom is 0.260 e. The molecule has 0 radical (unpaired) electrons. The van der Waals surface area contributed by atoms with E-state index in [1.165, 1.54) is 5.56 Å². The quantitative estimate of drug-likeness (QED) is 0.754. The Hall–Kier alpha value is -1.51. The lowest BCUT2D eigenvalue weighted by molar-refractivity contribution is -0.127. The summed E-state index contributed by atoms with van der Waals surface area (Å²) >= 11 is 0. The molecule has 1 atom stereocenters. The number of carbonyl (C=O) groups is 1. The average molecular weight is 249 g/mol. The summed E-state index contributed by atoms with van der Waals surface area (Å²) in [4.78, 5) is 11.7. The van der Waals surface area contributed by atoms with E-state index >= 15 is 0 Å². The molecule has 0 aromatic heterocycles. The highest BCUT2D eigenvalue weighted by molar-refractivity contribution is 5.80. The zero-order valence-corrected chi connectivity index (χ0v) is 11.5. The molecule has 0 bridgehead atoms. The van der Waals surface area contributed by atoms with Gasteiger partial charge in [-0.15, -0.1) is 0 Å². The summed E-state index contributed by atoms with van der Waals surface area (Å²) in [5, 5.41) is 2.86. The van der Waals surface area contributed by atoms with Crippen LogP contribution in [-0.4, -0.2) is 18.6 Å². The molecule has 1 amide bonds. The van der Waals surface area contributed by atoms with Gasteiger partial charge in [0, 0.05) is 6.54 Å². The number of nitrogens with one attached hydrogen (secondary N) is 1. The molecule has 1 rings (SSSR count). The van der Waals surface area contributed by atoms with Crippen molar-refractivity contribution in [1.82, 2.24) is 5.32 Å². The lowest BCUT2D eigenvalue weighted by atomic mass is 10.2. The van der Waals surface area contributed by atoms with Crippen molar-refractivity contribution in [2.24, 2.45) is 0 Å². The van der Waals surface area contributed by atoms with Crippen molar-refractivity contribution < 1.29 is 9.53 Å². The summed E-state index contributed by atoms with van der Waals surface area (Å²) in [5.74, 6) is 0.688. The lowest BCUT2D eigenvalue weighted by Gasteiger charge is -2.14. The van der Waals surface area contributed by atoms with Crippen LogP contribution in [0, 0.1) is 0 Å². The second-order valence-corrected chi connectivity index (χ2v) is 4.40. The summed E-state index contributed by atoms with van der Waals surface area (Å²) in [6, 6.07) is 7.87. The van der Waals surface area contributed by atoms with Crippen LogP contribution in [0.25, 0.3) is 0 Å². The minimum Gasteiger partial charge on any atom is -0.481 e. The number of hydrogen-bond acceptors (Lipinski definition) is 2. The van der Waals surface area contributed by atoms with Crippen LogP contribution in [0.4, 0.5) is 0 Å². The third-order valence-electron chi connectivity index (χ3n) is 2.84. The number of hydrogen-bond donors (Lipinski definition) is 1. The molecule has 1 aromatic carbocycles. The van der Waals surface area contributed by atoms with E-state index in [0.717, 1.165) is 31.6 Å². The molecule has 0 saturated carbocycles. The van der Waals surface area contributed by atoms with E-state index in [2.05, 4.69) is 19.2 Å². The predicted octanol–water partition coefficient (Wildman–Crippen LogP) is 2.93. The van der Waals surface area contributed by atoms with Gasteiger partial charge in [0.25, 0.3) is 5.91 Å². The molecule has 0 heterocycles. The van der Waals surface area contributed by atoms with Gasteiger partial charge in [-0.3, -0.25) is 4.79 Å². The van der Waals surface area contributed by atoms with E-state index in [4.69, 9.17) is 4.74 Å². The molecule has 0 aliphatic rings. The first kappa shape index (κ1) is 14.6. The Morgan fingerprint density at radius 2 is 1.94 bits per heavy atom. The van der Waals surface area contributed by atoms with Crippen LogP contribution in [0.15, 0.2) is 24.3 Å². The zero-order chi connectivity index (χ0) is 13.4. The fraction of sp³-hybridized carbons (Fsp3) is 0.533. The van der Waals surface area contributed by atoms with Gasteiger partial charge in [-0.2, -0.15) is 0 Å². The summed E-state index contributed by atoms with van der Waals surface area (Å²) in [6.45, 7) is 6.70. The molecule has 0 saturated heterocycles. The molecule has 0 fully saturated rings. The van der Waals surface area contributed by atoms with E-state index in [1.807, 2.05) is 24.3 Å². The van der Waals surface area contributed by atoms with Crippen molar-refractivity contribution >= 4 is 5.91 Å². The second-order valence-electron chi connectivity index (χ2n) is 4.40. The molecule has 0 spiro atoms. The standard InChI is InChI=1S/C15H23NO2/c1-4-6-11-16-15(17)12(3)18-14-9-7-13(5-2)8-10-14/h7-10,12H,4-6,11H2,1-3H3,(H,16,17). The maximum absolute atomic E-state index is 11.7. The van der Waals surface area contributed by atoms with Crippen LogP contribution < -0.4 is 10.1 Å². The number of amides is 1. The van der Waals surface area contributed by atoms with Gasteiger partial charge in [0.2, 0.25) is 0 Å². The van der Waals surface area contributed by atoms with Gasteiger partial charge >= 0.3 is 0 Å². The smallest absolute Gasteiger partial charge is 0.260 e. The molecular weight excluding hydrogens is 226 g/mol. The summed E-state index contributed by atoms with van der Waals surface area (Å²) in [5.41, 5.74) is 1.27. The monoisotopic (exact) mass is 249 g/mol. The first-order valence-corrected chi connectivity index (χ1v) is 6.70. The highest BCUT2D eigenvalue weighted by atomic mass is 16.5. The van der Waals surface area contributed by atoms with Crippen LogP contribution in [0.5, 0.6) is 5.75 Å². The molecule has 100 valence electrons.